The number of benzene rings is 1. The minimum atomic E-state index is -0.672. The van der Waals surface area contributed by atoms with Gasteiger partial charge in [0, 0.05) is 48.8 Å². The normalized spacial score (nSPS) is 19.4. The molecule has 5 rings (SSSR count). The number of hydrogen-bond donors (Lipinski definition) is 1. The molecule has 1 N–H and O–H groups in total. The van der Waals surface area contributed by atoms with Crippen molar-refractivity contribution in [1.82, 2.24) is 9.47 Å². The van der Waals surface area contributed by atoms with E-state index in [2.05, 4.69) is 0 Å². The van der Waals surface area contributed by atoms with Gasteiger partial charge in [-0.05, 0) is 43.0 Å². The highest BCUT2D eigenvalue weighted by Crippen LogP contribution is 2.36. The maximum atomic E-state index is 13.2. The fourth-order valence-electron chi connectivity index (χ4n) is 5.13. The van der Waals surface area contributed by atoms with Crippen molar-refractivity contribution < 1.29 is 19.2 Å². The number of phenolic OH excluding ortho intramolecular Hbond substituents is 1. The fourth-order valence-corrected chi connectivity index (χ4v) is 5.13. The van der Waals surface area contributed by atoms with Crippen LogP contribution in [0.3, 0.4) is 0 Å². The van der Waals surface area contributed by atoms with Crippen molar-refractivity contribution in [2.24, 2.45) is 5.92 Å². The van der Waals surface area contributed by atoms with Crippen molar-refractivity contribution in [1.29, 1.82) is 0 Å². The molecule has 1 fully saturated rings. The molecule has 0 spiro atoms. The number of rotatable bonds is 3. The number of carbonyl (C=O) groups is 1. The van der Waals surface area contributed by atoms with Gasteiger partial charge in [0.25, 0.3) is 0 Å². The number of nitro groups is 1. The summed E-state index contributed by atoms with van der Waals surface area (Å²) in [6.07, 6.45) is 0.680. The zero-order valence-electron chi connectivity index (χ0n) is 17.8. The number of aryl methyl sites for hydroxylation is 1. The molecule has 2 bridgehead atoms. The Hall–Kier alpha value is -3.95. The lowest BCUT2D eigenvalue weighted by Gasteiger charge is -2.42. The van der Waals surface area contributed by atoms with Crippen LogP contribution in [-0.4, -0.2) is 38.5 Å². The summed E-state index contributed by atoms with van der Waals surface area (Å²) in [5, 5.41) is 21.4. The van der Waals surface area contributed by atoms with Gasteiger partial charge in [-0.2, -0.15) is 0 Å². The van der Waals surface area contributed by atoms with Gasteiger partial charge in [-0.1, -0.05) is 0 Å². The van der Waals surface area contributed by atoms with E-state index in [0.717, 1.165) is 6.42 Å². The average Bonchev–Trinajstić information content (AvgIpc) is 2.76. The molecule has 2 aromatic heterocycles. The highest BCUT2D eigenvalue weighted by molar-refractivity contribution is 5.85. The van der Waals surface area contributed by atoms with Gasteiger partial charge in [0.05, 0.1) is 16.9 Å². The van der Waals surface area contributed by atoms with E-state index in [1.165, 1.54) is 22.8 Å². The molecule has 1 aromatic carbocycles. The van der Waals surface area contributed by atoms with Crippen molar-refractivity contribution in [3.8, 4) is 5.75 Å². The molecule has 2 atom stereocenters. The number of nitrogens with zero attached hydrogens (tertiary/aromatic N) is 3. The Bertz CT molecular complexity index is 1440. The molecule has 170 valence electrons. The van der Waals surface area contributed by atoms with Crippen LogP contribution in [0, 0.1) is 23.0 Å². The summed E-state index contributed by atoms with van der Waals surface area (Å²) in [6, 6.07) is 7.35. The van der Waals surface area contributed by atoms with Gasteiger partial charge in [-0.25, -0.2) is 4.79 Å². The highest BCUT2D eigenvalue weighted by atomic mass is 16.6. The SMILES string of the molecule is Cc1c(CC(=O)N2CC3CC(C2)c2ccc([N+](=O)[O-])c(=O)n2C3)c(=O)oc2cc(O)ccc12. The first-order valence-corrected chi connectivity index (χ1v) is 10.6. The summed E-state index contributed by atoms with van der Waals surface area (Å²) < 4.78 is 6.80. The Morgan fingerprint density at radius 1 is 1.21 bits per heavy atom. The van der Waals surface area contributed by atoms with Crippen LogP contribution in [0.4, 0.5) is 5.69 Å². The summed E-state index contributed by atoms with van der Waals surface area (Å²) in [7, 11) is 0. The molecule has 2 unspecified atom stereocenters. The Kier molecular flexibility index (Phi) is 4.80. The van der Waals surface area contributed by atoms with E-state index >= 15 is 0 Å². The molecule has 0 radical (unpaired) electrons. The molecule has 2 aliphatic rings. The van der Waals surface area contributed by atoms with E-state index in [4.69, 9.17) is 4.42 Å². The first-order chi connectivity index (χ1) is 15.7. The van der Waals surface area contributed by atoms with Crippen LogP contribution in [0.1, 0.15) is 29.2 Å². The largest absolute Gasteiger partial charge is 0.508 e. The number of hydrogen-bond acceptors (Lipinski definition) is 7. The number of fused-ring (bicyclic) bond motifs is 5. The fraction of sp³-hybridized carbons (Fsp3) is 0.348. The number of piperidine rings is 1. The van der Waals surface area contributed by atoms with Crippen LogP contribution in [0.2, 0.25) is 0 Å². The van der Waals surface area contributed by atoms with Crippen LogP contribution in [0.15, 0.2) is 44.3 Å². The topological polar surface area (TPSA) is 136 Å². The second-order valence-corrected chi connectivity index (χ2v) is 8.76. The molecule has 1 amide bonds. The number of aromatic hydroxyl groups is 1. The van der Waals surface area contributed by atoms with Crippen molar-refractivity contribution in [2.45, 2.75) is 32.2 Å². The molecular formula is C23H21N3O7. The first kappa shape index (κ1) is 20.9. The van der Waals surface area contributed by atoms with Crippen LogP contribution in [-0.2, 0) is 17.8 Å². The van der Waals surface area contributed by atoms with Crippen LogP contribution >= 0.6 is 0 Å². The monoisotopic (exact) mass is 451 g/mol. The second-order valence-electron chi connectivity index (χ2n) is 8.76. The standard InChI is InChI=1S/C23H21N3O7/c1-12-16-3-2-15(27)7-20(16)33-23(30)17(12)8-21(28)24-9-13-6-14(11-24)18-4-5-19(26(31)32)22(29)25(18)10-13/h2-5,7,13-14,27H,6,8-11H2,1H3. The zero-order valence-corrected chi connectivity index (χ0v) is 17.8. The maximum Gasteiger partial charge on any atom is 0.340 e. The number of carbonyl (C=O) groups excluding carboxylic acids is 1. The molecule has 10 heteroatoms. The Labute approximate surface area is 186 Å². The summed E-state index contributed by atoms with van der Waals surface area (Å²) in [5.41, 5.74) is 0.205. The van der Waals surface area contributed by atoms with E-state index in [1.54, 1.807) is 24.0 Å². The molecule has 2 aliphatic heterocycles. The molecule has 10 nitrogen and oxygen atoms in total. The predicted octanol–water partition coefficient (Wildman–Crippen LogP) is 2.07. The van der Waals surface area contributed by atoms with Crippen molar-refractivity contribution in [2.75, 3.05) is 13.1 Å². The van der Waals surface area contributed by atoms with Gasteiger partial charge in [0.2, 0.25) is 5.91 Å². The lowest BCUT2D eigenvalue weighted by atomic mass is 9.83. The lowest BCUT2D eigenvalue weighted by molar-refractivity contribution is -0.386. The van der Waals surface area contributed by atoms with Gasteiger partial charge in [0.1, 0.15) is 11.3 Å². The number of phenols is 1. The summed E-state index contributed by atoms with van der Waals surface area (Å²) in [6.45, 7) is 2.85. The lowest BCUT2D eigenvalue weighted by Crippen LogP contribution is -2.49. The molecule has 33 heavy (non-hydrogen) atoms. The molecule has 1 saturated heterocycles. The Morgan fingerprint density at radius 3 is 2.76 bits per heavy atom. The van der Waals surface area contributed by atoms with Crippen LogP contribution in [0.5, 0.6) is 5.75 Å². The second kappa shape index (κ2) is 7.58. The highest BCUT2D eigenvalue weighted by Gasteiger charge is 2.37. The molecular weight excluding hydrogens is 430 g/mol. The molecule has 0 aliphatic carbocycles. The quantitative estimate of drug-likeness (QED) is 0.366. The number of pyridine rings is 1. The number of likely N-dealkylation sites (tertiary alicyclic amines) is 1. The van der Waals surface area contributed by atoms with Crippen molar-refractivity contribution >= 4 is 22.6 Å². The van der Waals surface area contributed by atoms with Crippen LogP contribution < -0.4 is 11.2 Å². The van der Waals surface area contributed by atoms with Gasteiger partial charge >= 0.3 is 16.9 Å². The van der Waals surface area contributed by atoms with E-state index in [1.807, 2.05) is 0 Å². The molecule has 0 saturated carbocycles. The summed E-state index contributed by atoms with van der Waals surface area (Å²) in [4.78, 5) is 50.4. The van der Waals surface area contributed by atoms with E-state index < -0.39 is 21.8 Å². The zero-order chi connectivity index (χ0) is 23.4. The minimum Gasteiger partial charge on any atom is -0.508 e. The summed E-state index contributed by atoms with van der Waals surface area (Å²) >= 11 is 0. The van der Waals surface area contributed by atoms with Gasteiger partial charge in [-0.15, -0.1) is 0 Å². The summed E-state index contributed by atoms with van der Waals surface area (Å²) in [5.74, 6) is -0.335. The smallest absolute Gasteiger partial charge is 0.340 e. The van der Waals surface area contributed by atoms with Gasteiger partial charge < -0.3 is 19.0 Å². The third kappa shape index (κ3) is 3.47. The van der Waals surface area contributed by atoms with Crippen molar-refractivity contribution in [3.05, 3.63) is 78.0 Å². The Morgan fingerprint density at radius 2 is 2.00 bits per heavy atom. The van der Waals surface area contributed by atoms with Crippen LogP contribution in [0.25, 0.3) is 11.0 Å². The average molecular weight is 451 g/mol. The Balaban J connectivity index is 1.42. The maximum absolute atomic E-state index is 13.2. The van der Waals surface area contributed by atoms with Gasteiger partial charge in [0.15, 0.2) is 0 Å². The van der Waals surface area contributed by atoms with E-state index in [-0.39, 0.29) is 41.1 Å². The van der Waals surface area contributed by atoms with Gasteiger partial charge in [-0.3, -0.25) is 19.7 Å². The van der Waals surface area contributed by atoms with E-state index in [9.17, 15) is 29.6 Å². The molecule has 4 heterocycles. The third-order valence-corrected chi connectivity index (χ3v) is 6.73. The molecule has 3 aromatic rings. The minimum absolute atomic E-state index is 0.00279. The van der Waals surface area contributed by atoms with E-state index in [0.29, 0.717) is 36.3 Å². The third-order valence-electron chi connectivity index (χ3n) is 6.73. The number of aromatic nitrogens is 1. The predicted molar refractivity (Wildman–Crippen MR) is 117 cm³/mol. The number of amides is 1. The van der Waals surface area contributed by atoms with Crippen molar-refractivity contribution in [3.63, 3.8) is 0 Å². The first-order valence-electron chi connectivity index (χ1n) is 10.6.